The van der Waals surface area contributed by atoms with Gasteiger partial charge >= 0.3 is 0 Å². The zero-order valence-electron chi connectivity index (χ0n) is 12.3. The first-order chi connectivity index (χ1) is 7.89. The Hall–Kier alpha value is -0.370. The van der Waals surface area contributed by atoms with Crippen molar-refractivity contribution in [3.05, 3.63) is 0 Å². The van der Waals surface area contributed by atoms with E-state index in [0.717, 1.165) is 38.8 Å². The van der Waals surface area contributed by atoms with E-state index in [2.05, 4.69) is 39.5 Å². The van der Waals surface area contributed by atoms with Gasteiger partial charge in [-0.2, -0.15) is 0 Å². The predicted molar refractivity (Wildman–Crippen MR) is 73.1 cm³/mol. The van der Waals surface area contributed by atoms with Crippen molar-refractivity contribution >= 4 is 5.78 Å². The summed E-state index contributed by atoms with van der Waals surface area (Å²) in [6.07, 6.45) is 4.09. The molecule has 0 aromatic carbocycles. The minimum absolute atomic E-state index is 0.271. The van der Waals surface area contributed by atoms with Crippen LogP contribution in [0, 0.1) is 11.3 Å². The molecular formula is C15H29NO. The van der Waals surface area contributed by atoms with Crippen molar-refractivity contribution in [1.29, 1.82) is 0 Å². The molecule has 1 fully saturated rings. The molecule has 2 nitrogen and oxygen atoms in total. The summed E-state index contributed by atoms with van der Waals surface area (Å²) in [4.78, 5) is 14.5. The second-order valence-electron chi connectivity index (χ2n) is 6.38. The van der Waals surface area contributed by atoms with Crippen molar-refractivity contribution in [2.45, 2.75) is 66.3 Å². The van der Waals surface area contributed by atoms with Gasteiger partial charge in [-0.3, -0.25) is 4.79 Å². The first-order valence-electron chi connectivity index (χ1n) is 7.16. The Morgan fingerprint density at radius 3 is 2.59 bits per heavy atom. The highest BCUT2D eigenvalue weighted by Gasteiger charge is 2.34. The molecule has 1 aliphatic carbocycles. The van der Waals surface area contributed by atoms with Crippen LogP contribution >= 0.6 is 0 Å². The summed E-state index contributed by atoms with van der Waals surface area (Å²) in [5.41, 5.74) is 0.355. The van der Waals surface area contributed by atoms with Crippen LogP contribution in [0.2, 0.25) is 0 Å². The van der Waals surface area contributed by atoms with E-state index in [1.165, 1.54) is 0 Å². The van der Waals surface area contributed by atoms with E-state index in [-0.39, 0.29) is 5.92 Å². The maximum absolute atomic E-state index is 12.0. The fraction of sp³-hybridized carbons (Fsp3) is 0.933. The Balaban J connectivity index is 2.61. The second kappa shape index (κ2) is 5.99. The Bertz CT molecular complexity index is 260. The van der Waals surface area contributed by atoms with Crippen molar-refractivity contribution in [2.24, 2.45) is 11.3 Å². The average molecular weight is 239 g/mol. The smallest absolute Gasteiger partial charge is 0.137 e. The van der Waals surface area contributed by atoms with E-state index in [1.807, 2.05) is 0 Å². The average Bonchev–Trinajstić information content (AvgIpc) is 2.29. The molecule has 0 radical (unpaired) electrons. The molecule has 0 saturated heterocycles. The zero-order chi connectivity index (χ0) is 13.1. The molecule has 0 heterocycles. The summed E-state index contributed by atoms with van der Waals surface area (Å²) in [7, 11) is 0. The number of rotatable bonds is 5. The van der Waals surface area contributed by atoms with Crippen LogP contribution in [0.25, 0.3) is 0 Å². The SMILES string of the molecule is CCC(C)N(CC)CC1CC(C)(C)CCC1=O. The van der Waals surface area contributed by atoms with Crippen LogP contribution in [0.5, 0.6) is 0 Å². The van der Waals surface area contributed by atoms with E-state index >= 15 is 0 Å². The van der Waals surface area contributed by atoms with Gasteiger partial charge < -0.3 is 4.90 Å². The molecule has 0 amide bonds. The highest BCUT2D eigenvalue weighted by molar-refractivity contribution is 5.82. The summed E-state index contributed by atoms with van der Waals surface area (Å²) in [6, 6.07) is 0.595. The largest absolute Gasteiger partial charge is 0.300 e. The minimum atomic E-state index is 0.271. The van der Waals surface area contributed by atoms with Gasteiger partial charge in [0.25, 0.3) is 0 Å². The lowest BCUT2D eigenvalue weighted by molar-refractivity contribution is -0.128. The number of carbonyl (C=O) groups excluding carboxylic acids is 1. The van der Waals surface area contributed by atoms with Gasteiger partial charge in [0.2, 0.25) is 0 Å². The molecule has 17 heavy (non-hydrogen) atoms. The summed E-state index contributed by atoms with van der Waals surface area (Å²) in [5.74, 6) is 0.763. The van der Waals surface area contributed by atoms with Gasteiger partial charge in [0, 0.05) is 24.9 Å². The molecule has 0 aromatic heterocycles. The first kappa shape index (κ1) is 14.7. The third-order valence-electron chi connectivity index (χ3n) is 4.38. The molecule has 0 spiro atoms. The van der Waals surface area contributed by atoms with Crippen LogP contribution in [0.1, 0.15) is 60.3 Å². The number of ketones is 1. The maximum atomic E-state index is 12.0. The van der Waals surface area contributed by atoms with Crippen LogP contribution in [0.15, 0.2) is 0 Å². The van der Waals surface area contributed by atoms with Crippen LogP contribution in [0.3, 0.4) is 0 Å². The number of carbonyl (C=O) groups is 1. The third kappa shape index (κ3) is 4.09. The molecular weight excluding hydrogens is 210 g/mol. The van der Waals surface area contributed by atoms with E-state index in [1.54, 1.807) is 0 Å². The molecule has 1 saturated carbocycles. The topological polar surface area (TPSA) is 20.3 Å². The van der Waals surface area contributed by atoms with Crippen LogP contribution in [0.4, 0.5) is 0 Å². The standard InChI is InChI=1S/C15H29NO/c1-6-12(3)16(7-2)11-13-10-15(4,5)9-8-14(13)17/h12-13H,6-11H2,1-5H3. The van der Waals surface area contributed by atoms with Crippen LogP contribution in [-0.2, 0) is 4.79 Å². The molecule has 2 unspecified atom stereocenters. The lowest BCUT2D eigenvalue weighted by atomic mass is 9.71. The van der Waals surface area contributed by atoms with E-state index in [0.29, 0.717) is 17.2 Å². The Morgan fingerprint density at radius 2 is 2.06 bits per heavy atom. The Kier molecular flexibility index (Phi) is 5.18. The molecule has 0 bridgehead atoms. The highest BCUT2D eigenvalue weighted by atomic mass is 16.1. The van der Waals surface area contributed by atoms with Gasteiger partial charge in [0.1, 0.15) is 5.78 Å². The Morgan fingerprint density at radius 1 is 1.41 bits per heavy atom. The van der Waals surface area contributed by atoms with Gasteiger partial charge in [-0.1, -0.05) is 27.7 Å². The van der Waals surface area contributed by atoms with Crippen molar-refractivity contribution < 1.29 is 4.79 Å². The highest BCUT2D eigenvalue weighted by Crippen LogP contribution is 2.37. The van der Waals surface area contributed by atoms with Crippen molar-refractivity contribution in [3.63, 3.8) is 0 Å². The molecule has 1 aliphatic rings. The minimum Gasteiger partial charge on any atom is -0.300 e. The first-order valence-corrected chi connectivity index (χ1v) is 7.16. The Labute approximate surface area is 107 Å². The van der Waals surface area contributed by atoms with Crippen molar-refractivity contribution in [2.75, 3.05) is 13.1 Å². The van der Waals surface area contributed by atoms with E-state index in [4.69, 9.17) is 0 Å². The van der Waals surface area contributed by atoms with Gasteiger partial charge in [-0.15, -0.1) is 0 Å². The molecule has 1 rings (SSSR count). The van der Waals surface area contributed by atoms with Crippen LogP contribution < -0.4 is 0 Å². The number of hydrogen-bond acceptors (Lipinski definition) is 2. The lowest BCUT2D eigenvalue weighted by Gasteiger charge is -2.38. The van der Waals surface area contributed by atoms with Crippen molar-refractivity contribution in [3.8, 4) is 0 Å². The monoisotopic (exact) mass is 239 g/mol. The lowest BCUT2D eigenvalue weighted by Crippen LogP contribution is -2.42. The number of hydrogen-bond donors (Lipinski definition) is 0. The number of nitrogens with zero attached hydrogens (tertiary/aromatic N) is 1. The maximum Gasteiger partial charge on any atom is 0.137 e. The van der Waals surface area contributed by atoms with Gasteiger partial charge in [-0.25, -0.2) is 0 Å². The molecule has 2 atom stereocenters. The van der Waals surface area contributed by atoms with Gasteiger partial charge in [0.15, 0.2) is 0 Å². The molecule has 0 aliphatic heterocycles. The molecule has 100 valence electrons. The predicted octanol–water partition coefficient (Wildman–Crippen LogP) is 3.50. The number of Topliss-reactive ketones (excluding diaryl/α,β-unsaturated/α-hetero) is 1. The third-order valence-corrected chi connectivity index (χ3v) is 4.38. The fourth-order valence-corrected chi connectivity index (χ4v) is 2.88. The summed E-state index contributed by atoms with van der Waals surface area (Å²) in [5, 5.41) is 0. The summed E-state index contributed by atoms with van der Waals surface area (Å²) < 4.78 is 0. The van der Waals surface area contributed by atoms with Crippen LogP contribution in [-0.4, -0.2) is 29.8 Å². The quantitative estimate of drug-likeness (QED) is 0.732. The fourth-order valence-electron chi connectivity index (χ4n) is 2.88. The summed E-state index contributed by atoms with van der Waals surface area (Å²) >= 11 is 0. The zero-order valence-corrected chi connectivity index (χ0v) is 12.3. The van der Waals surface area contributed by atoms with Gasteiger partial charge in [0.05, 0.1) is 0 Å². The molecule has 0 aromatic rings. The second-order valence-corrected chi connectivity index (χ2v) is 6.38. The molecule has 2 heteroatoms. The summed E-state index contributed by atoms with van der Waals surface area (Å²) in [6.45, 7) is 13.3. The molecule has 0 N–H and O–H groups in total. The van der Waals surface area contributed by atoms with E-state index < -0.39 is 0 Å². The van der Waals surface area contributed by atoms with E-state index in [9.17, 15) is 4.79 Å². The van der Waals surface area contributed by atoms with Crippen molar-refractivity contribution in [1.82, 2.24) is 4.90 Å². The van der Waals surface area contributed by atoms with Gasteiger partial charge in [-0.05, 0) is 38.1 Å². The normalized spacial score (nSPS) is 26.2.